The third-order valence-corrected chi connectivity index (χ3v) is 7.15. The third-order valence-electron chi connectivity index (χ3n) is 5.98. The molecule has 168 valence electrons. The van der Waals surface area contributed by atoms with Crippen LogP contribution in [0.25, 0.3) is 26.3 Å². The molecule has 1 aromatic carbocycles. The van der Waals surface area contributed by atoms with Gasteiger partial charge >= 0.3 is 0 Å². The molecule has 1 aliphatic rings. The van der Waals surface area contributed by atoms with Crippen LogP contribution in [-0.4, -0.2) is 53.2 Å². The van der Waals surface area contributed by atoms with Crippen LogP contribution in [-0.2, 0) is 0 Å². The largest absolute Gasteiger partial charge is 0.493 e. The number of aromatic nitrogens is 3. The van der Waals surface area contributed by atoms with Crippen molar-refractivity contribution in [3.8, 4) is 27.8 Å². The lowest BCUT2D eigenvalue weighted by molar-refractivity contribution is 0.126. The minimum Gasteiger partial charge on any atom is -0.493 e. The summed E-state index contributed by atoms with van der Waals surface area (Å²) in [5, 5.41) is 19.1. The van der Waals surface area contributed by atoms with Gasteiger partial charge in [-0.3, -0.25) is 0 Å². The van der Waals surface area contributed by atoms with E-state index in [9.17, 15) is 5.11 Å². The number of nitrogens with one attached hydrogen (secondary N) is 1. The Bertz CT molecular complexity index is 1260. The molecule has 0 aliphatic heterocycles. The number of aliphatic hydroxyl groups excluding tert-OH is 1. The molecule has 0 unspecified atom stereocenters. The van der Waals surface area contributed by atoms with Crippen LogP contribution in [0.15, 0.2) is 30.5 Å². The van der Waals surface area contributed by atoms with Crippen LogP contribution in [0.5, 0.6) is 17.2 Å². The van der Waals surface area contributed by atoms with E-state index in [1.807, 2.05) is 28.9 Å². The molecule has 0 saturated heterocycles. The van der Waals surface area contributed by atoms with Crippen molar-refractivity contribution >= 4 is 32.9 Å². The van der Waals surface area contributed by atoms with E-state index in [1.54, 1.807) is 32.7 Å². The van der Waals surface area contributed by atoms with E-state index in [2.05, 4.69) is 16.4 Å². The summed E-state index contributed by atoms with van der Waals surface area (Å²) in [6, 6.07) is 8.30. The van der Waals surface area contributed by atoms with E-state index in [4.69, 9.17) is 19.3 Å². The molecule has 0 bridgehead atoms. The van der Waals surface area contributed by atoms with Gasteiger partial charge in [-0.25, -0.2) is 9.50 Å². The fourth-order valence-electron chi connectivity index (χ4n) is 4.32. The monoisotopic (exact) mass is 454 g/mol. The molecule has 0 atom stereocenters. The lowest BCUT2D eigenvalue weighted by Gasteiger charge is -2.26. The molecule has 8 nitrogen and oxygen atoms in total. The Kier molecular flexibility index (Phi) is 5.52. The Morgan fingerprint density at radius 2 is 1.81 bits per heavy atom. The smallest absolute Gasteiger partial charge is 0.204 e. The number of aliphatic hydroxyl groups is 1. The Labute approximate surface area is 189 Å². The van der Waals surface area contributed by atoms with E-state index >= 15 is 0 Å². The van der Waals surface area contributed by atoms with E-state index in [0.29, 0.717) is 23.3 Å². The molecule has 4 aromatic rings. The summed E-state index contributed by atoms with van der Waals surface area (Å²) in [5.74, 6) is 2.67. The van der Waals surface area contributed by atoms with Crippen molar-refractivity contribution in [2.45, 2.75) is 37.8 Å². The first kappa shape index (κ1) is 20.8. The van der Waals surface area contributed by atoms with Gasteiger partial charge in [0.05, 0.1) is 43.2 Å². The van der Waals surface area contributed by atoms with Crippen molar-refractivity contribution in [3.63, 3.8) is 0 Å². The molecule has 32 heavy (non-hydrogen) atoms. The lowest BCUT2D eigenvalue weighted by atomic mass is 9.93. The number of thiophene rings is 1. The van der Waals surface area contributed by atoms with Gasteiger partial charge in [-0.2, -0.15) is 0 Å². The van der Waals surface area contributed by atoms with Crippen LogP contribution in [0.4, 0.5) is 5.82 Å². The van der Waals surface area contributed by atoms with Gasteiger partial charge in [-0.1, -0.05) is 0 Å². The molecule has 3 aromatic heterocycles. The number of ether oxygens (including phenoxy) is 3. The average molecular weight is 455 g/mol. The zero-order valence-corrected chi connectivity index (χ0v) is 19.1. The second-order valence-electron chi connectivity index (χ2n) is 7.96. The Morgan fingerprint density at radius 1 is 1.03 bits per heavy atom. The minimum absolute atomic E-state index is 0.175. The normalized spacial score (nSPS) is 18.8. The van der Waals surface area contributed by atoms with Gasteiger partial charge in [-0.05, 0) is 49.9 Å². The maximum Gasteiger partial charge on any atom is 0.204 e. The maximum atomic E-state index is 9.75. The van der Waals surface area contributed by atoms with E-state index in [-0.39, 0.29) is 6.10 Å². The van der Waals surface area contributed by atoms with Crippen LogP contribution in [0, 0.1) is 0 Å². The Morgan fingerprint density at radius 3 is 2.53 bits per heavy atom. The zero-order chi connectivity index (χ0) is 22.2. The van der Waals surface area contributed by atoms with Crippen molar-refractivity contribution < 1.29 is 19.3 Å². The first-order valence-electron chi connectivity index (χ1n) is 10.6. The van der Waals surface area contributed by atoms with Crippen LogP contribution in [0.1, 0.15) is 25.7 Å². The molecule has 3 heterocycles. The Hall–Kier alpha value is -3.04. The summed E-state index contributed by atoms with van der Waals surface area (Å²) in [5.41, 5.74) is 1.69. The third kappa shape index (κ3) is 3.61. The number of hydrogen-bond acceptors (Lipinski definition) is 8. The molecule has 5 rings (SSSR count). The predicted molar refractivity (Wildman–Crippen MR) is 125 cm³/mol. The number of benzene rings is 1. The summed E-state index contributed by atoms with van der Waals surface area (Å²) >= 11 is 1.60. The second-order valence-corrected chi connectivity index (χ2v) is 9.01. The van der Waals surface area contributed by atoms with Crippen LogP contribution < -0.4 is 19.5 Å². The first-order valence-corrected chi connectivity index (χ1v) is 11.4. The quantitative estimate of drug-likeness (QED) is 0.448. The van der Waals surface area contributed by atoms with Gasteiger partial charge in [0.2, 0.25) is 5.75 Å². The summed E-state index contributed by atoms with van der Waals surface area (Å²) in [7, 11) is 4.86. The van der Waals surface area contributed by atoms with Gasteiger partial charge in [0.1, 0.15) is 11.5 Å². The summed E-state index contributed by atoms with van der Waals surface area (Å²) < 4.78 is 19.5. The van der Waals surface area contributed by atoms with Gasteiger partial charge in [0.25, 0.3) is 0 Å². The summed E-state index contributed by atoms with van der Waals surface area (Å²) in [6.07, 6.45) is 5.20. The number of fused-ring (bicyclic) bond motifs is 2. The molecule has 0 amide bonds. The molecule has 1 aliphatic carbocycles. The van der Waals surface area contributed by atoms with Crippen LogP contribution in [0.3, 0.4) is 0 Å². The number of hydrogen-bond donors (Lipinski definition) is 2. The molecule has 1 fully saturated rings. The van der Waals surface area contributed by atoms with Crippen molar-refractivity contribution in [3.05, 3.63) is 30.5 Å². The molecule has 2 N–H and O–H groups in total. The van der Waals surface area contributed by atoms with E-state index in [0.717, 1.165) is 57.8 Å². The number of methoxy groups -OCH3 is 3. The summed E-state index contributed by atoms with van der Waals surface area (Å²) in [6.45, 7) is 0. The fourth-order valence-corrected chi connectivity index (χ4v) is 5.47. The molecule has 0 radical (unpaired) electrons. The van der Waals surface area contributed by atoms with Gasteiger partial charge in [-0.15, -0.1) is 16.4 Å². The SMILES string of the molecule is COc1cc2cc(-c3cnc4ccc(NC5CCC(O)CC5)nn34)sc2c(OC)c1OC. The number of rotatable bonds is 6. The van der Waals surface area contributed by atoms with Crippen molar-refractivity contribution in [1.82, 2.24) is 14.6 Å². The average Bonchev–Trinajstić information content (AvgIpc) is 3.42. The highest BCUT2D eigenvalue weighted by Crippen LogP contribution is 2.48. The highest BCUT2D eigenvalue weighted by molar-refractivity contribution is 7.22. The zero-order valence-electron chi connectivity index (χ0n) is 18.3. The van der Waals surface area contributed by atoms with E-state index < -0.39 is 0 Å². The molecule has 1 saturated carbocycles. The van der Waals surface area contributed by atoms with Crippen molar-refractivity contribution in [2.24, 2.45) is 0 Å². The second kappa shape index (κ2) is 8.48. The highest BCUT2D eigenvalue weighted by atomic mass is 32.1. The minimum atomic E-state index is -0.175. The standard InChI is InChI=1S/C23H26N4O4S/c1-29-17-10-13-11-18(32-23(13)22(31-3)21(17)30-2)16-12-24-20-9-8-19(26-27(16)20)25-14-4-6-15(28)7-5-14/h8-12,14-15,28H,4-7H2,1-3H3,(H,25,26). The number of anilines is 1. The van der Waals surface area contributed by atoms with Crippen molar-refractivity contribution in [2.75, 3.05) is 26.6 Å². The van der Waals surface area contributed by atoms with E-state index in [1.165, 1.54) is 0 Å². The molecule has 0 spiro atoms. The van der Waals surface area contributed by atoms with Gasteiger partial charge in [0, 0.05) is 11.4 Å². The lowest BCUT2D eigenvalue weighted by Crippen LogP contribution is -2.28. The molecule has 9 heteroatoms. The highest BCUT2D eigenvalue weighted by Gasteiger charge is 2.21. The predicted octanol–water partition coefficient (Wildman–Crippen LogP) is 4.35. The van der Waals surface area contributed by atoms with Crippen molar-refractivity contribution in [1.29, 1.82) is 0 Å². The Balaban J connectivity index is 1.54. The van der Waals surface area contributed by atoms with Crippen LogP contribution in [0.2, 0.25) is 0 Å². The maximum absolute atomic E-state index is 9.75. The molecular formula is C23H26N4O4S. The number of imidazole rings is 1. The molecular weight excluding hydrogens is 428 g/mol. The topological polar surface area (TPSA) is 90.1 Å². The van der Waals surface area contributed by atoms with Gasteiger partial charge in [0.15, 0.2) is 17.1 Å². The van der Waals surface area contributed by atoms with Gasteiger partial charge < -0.3 is 24.6 Å². The summed E-state index contributed by atoms with van der Waals surface area (Å²) in [4.78, 5) is 5.56. The number of nitrogens with zero attached hydrogens (tertiary/aromatic N) is 3. The fraction of sp³-hybridized carbons (Fsp3) is 0.391. The van der Waals surface area contributed by atoms with Crippen LogP contribution >= 0.6 is 11.3 Å². The first-order chi connectivity index (χ1) is 15.6.